The summed E-state index contributed by atoms with van der Waals surface area (Å²) < 4.78 is 50.5. The number of rotatable bonds is 3. The summed E-state index contributed by atoms with van der Waals surface area (Å²) in [5.41, 5.74) is -1.00. The summed E-state index contributed by atoms with van der Waals surface area (Å²) in [5, 5.41) is 2.06. The van der Waals surface area contributed by atoms with Gasteiger partial charge in [0.15, 0.2) is 0 Å². The molecule has 0 heterocycles. The molecule has 0 unspecified atom stereocenters. The third kappa shape index (κ3) is 3.91. The molecule has 0 saturated carbocycles. The zero-order chi connectivity index (χ0) is 16.4. The molecule has 0 spiro atoms. The number of hydrogen-bond donors (Lipinski definition) is 1. The van der Waals surface area contributed by atoms with Crippen molar-refractivity contribution < 1.29 is 32.0 Å². The van der Waals surface area contributed by atoms with Gasteiger partial charge in [-0.2, -0.15) is 13.2 Å². The van der Waals surface area contributed by atoms with Crippen LogP contribution in [-0.4, -0.2) is 37.2 Å². The van der Waals surface area contributed by atoms with Gasteiger partial charge in [0.05, 0.1) is 18.4 Å². The Labute approximate surface area is 117 Å². The van der Waals surface area contributed by atoms with Crippen LogP contribution in [0.4, 0.5) is 23.2 Å². The number of anilines is 1. The average molecular weight is 308 g/mol. The number of halogens is 4. The first-order valence-electron chi connectivity index (χ1n) is 5.58. The second-order valence-electron chi connectivity index (χ2n) is 4.11. The van der Waals surface area contributed by atoms with Crippen LogP contribution in [0.2, 0.25) is 0 Å². The molecule has 0 aromatic heterocycles. The molecule has 0 aliphatic heterocycles. The number of hydrogen-bond acceptors (Lipinski definition) is 3. The van der Waals surface area contributed by atoms with E-state index < -0.39 is 35.1 Å². The first-order valence-corrected chi connectivity index (χ1v) is 5.58. The van der Waals surface area contributed by atoms with Crippen LogP contribution in [0.15, 0.2) is 12.1 Å². The molecule has 0 bridgehead atoms. The fourth-order valence-corrected chi connectivity index (χ4v) is 1.47. The largest absolute Gasteiger partial charge is 0.471 e. The zero-order valence-corrected chi connectivity index (χ0v) is 11.3. The number of nitrogens with one attached hydrogen (secondary N) is 1. The zero-order valence-electron chi connectivity index (χ0n) is 11.3. The lowest BCUT2D eigenvalue weighted by atomic mass is 10.1. The molecule has 0 saturated heterocycles. The van der Waals surface area contributed by atoms with Crippen molar-refractivity contribution in [3.63, 3.8) is 0 Å². The first kappa shape index (κ1) is 16.9. The number of hydroxylamine groups is 2. The predicted molar refractivity (Wildman–Crippen MR) is 64.9 cm³/mol. The summed E-state index contributed by atoms with van der Waals surface area (Å²) in [7, 11) is 2.34. The number of nitrogens with zero attached hydrogens (tertiary/aromatic N) is 1. The lowest BCUT2D eigenvalue weighted by molar-refractivity contribution is -0.167. The molecule has 2 amide bonds. The van der Waals surface area contributed by atoms with Crippen LogP contribution in [0.25, 0.3) is 0 Å². The van der Waals surface area contributed by atoms with Crippen molar-refractivity contribution in [2.45, 2.75) is 13.1 Å². The smallest absolute Gasteiger partial charge is 0.315 e. The summed E-state index contributed by atoms with van der Waals surface area (Å²) in [5.74, 6) is -4.43. The van der Waals surface area contributed by atoms with E-state index in [-0.39, 0.29) is 0 Å². The van der Waals surface area contributed by atoms with E-state index in [1.807, 2.05) is 0 Å². The Kier molecular flexibility index (Phi) is 4.89. The van der Waals surface area contributed by atoms with Crippen LogP contribution >= 0.6 is 0 Å². The Bertz CT molecular complexity index is 572. The van der Waals surface area contributed by atoms with Gasteiger partial charge in [-0.15, -0.1) is 0 Å². The Balaban J connectivity index is 3.31. The summed E-state index contributed by atoms with van der Waals surface area (Å²) in [6.45, 7) is 1.45. The number of benzene rings is 1. The molecule has 1 rings (SSSR count). The molecule has 0 atom stereocenters. The van der Waals surface area contributed by atoms with Gasteiger partial charge < -0.3 is 5.32 Å². The molecule has 1 aromatic carbocycles. The van der Waals surface area contributed by atoms with E-state index in [1.54, 1.807) is 0 Å². The second kappa shape index (κ2) is 6.08. The van der Waals surface area contributed by atoms with Crippen molar-refractivity contribution in [3.05, 3.63) is 29.1 Å². The van der Waals surface area contributed by atoms with Crippen molar-refractivity contribution in [2.24, 2.45) is 0 Å². The summed E-state index contributed by atoms with van der Waals surface area (Å²) in [6, 6.07) is 2.04. The maximum absolute atomic E-state index is 13.8. The van der Waals surface area contributed by atoms with Crippen LogP contribution in [0.1, 0.15) is 15.9 Å². The van der Waals surface area contributed by atoms with Crippen molar-refractivity contribution >= 4 is 17.5 Å². The topological polar surface area (TPSA) is 58.6 Å². The van der Waals surface area contributed by atoms with E-state index in [9.17, 15) is 27.2 Å². The Hall–Kier alpha value is -2.16. The lowest BCUT2D eigenvalue weighted by Crippen LogP contribution is -2.32. The fraction of sp³-hybridized carbons (Fsp3) is 0.333. The normalized spacial score (nSPS) is 11.2. The number of carbonyl (C=O) groups is 2. The Morgan fingerprint density at radius 2 is 1.86 bits per heavy atom. The highest BCUT2D eigenvalue weighted by atomic mass is 19.4. The van der Waals surface area contributed by atoms with Gasteiger partial charge in [-0.05, 0) is 24.6 Å². The number of carbonyl (C=O) groups excluding carboxylic acids is 2. The summed E-state index contributed by atoms with van der Waals surface area (Å²) >= 11 is 0. The van der Waals surface area contributed by atoms with E-state index >= 15 is 0 Å². The van der Waals surface area contributed by atoms with Gasteiger partial charge in [0.2, 0.25) is 0 Å². The average Bonchev–Trinajstić information content (AvgIpc) is 2.38. The third-order valence-corrected chi connectivity index (χ3v) is 2.52. The fourth-order valence-electron chi connectivity index (χ4n) is 1.47. The maximum atomic E-state index is 13.8. The van der Waals surface area contributed by atoms with E-state index in [0.717, 1.165) is 19.2 Å². The standard InChI is InChI=1S/C12H12F4N2O3/c1-6-4-7(10(19)18(2)21-3)9(8(13)5-6)17-11(20)12(14,15)16/h4-5H,1-3H3,(H,17,20). The van der Waals surface area contributed by atoms with Gasteiger partial charge in [-0.3, -0.25) is 14.4 Å². The van der Waals surface area contributed by atoms with Gasteiger partial charge in [-0.25, -0.2) is 9.45 Å². The van der Waals surface area contributed by atoms with Gasteiger partial charge in [0.25, 0.3) is 5.91 Å². The molecule has 0 radical (unpaired) electrons. The first-order chi connectivity index (χ1) is 9.57. The van der Waals surface area contributed by atoms with E-state index in [2.05, 4.69) is 4.84 Å². The predicted octanol–water partition coefficient (Wildman–Crippen LogP) is 2.27. The van der Waals surface area contributed by atoms with Crippen LogP contribution < -0.4 is 5.32 Å². The number of amides is 2. The number of alkyl halides is 3. The molecule has 116 valence electrons. The lowest BCUT2D eigenvalue weighted by Gasteiger charge is -2.18. The molecule has 5 nitrogen and oxygen atoms in total. The summed E-state index contributed by atoms with van der Waals surface area (Å²) in [6.07, 6.45) is -5.20. The van der Waals surface area contributed by atoms with Crippen molar-refractivity contribution in [2.75, 3.05) is 19.5 Å². The molecule has 0 fully saturated rings. The van der Waals surface area contributed by atoms with Crippen LogP contribution in [-0.2, 0) is 9.63 Å². The summed E-state index contributed by atoms with van der Waals surface area (Å²) in [4.78, 5) is 27.5. The quantitative estimate of drug-likeness (QED) is 0.688. The molecule has 0 aliphatic rings. The Morgan fingerprint density at radius 3 is 2.33 bits per heavy atom. The molecular formula is C12H12F4N2O3. The highest BCUT2D eigenvalue weighted by Gasteiger charge is 2.39. The Morgan fingerprint density at radius 1 is 1.29 bits per heavy atom. The molecular weight excluding hydrogens is 296 g/mol. The van der Waals surface area contributed by atoms with Gasteiger partial charge >= 0.3 is 12.1 Å². The van der Waals surface area contributed by atoms with Crippen LogP contribution in [0, 0.1) is 12.7 Å². The molecule has 1 N–H and O–H groups in total. The SMILES string of the molecule is CON(C)C(=O)c1cc(C)cc(F)c1NC(=O)C(F)(F)F. The third-order valence-electron chi connectivity index (χ3n) is 2.52. The highest BCUT2D eigenvalue weighted by molar-refractivity contribution is 6.04. The van der Waals surface area contributed by atoms with Crippen molar-refractivity contribution in [1.29, 1.82) is 0 Å². The van der Waals surface area contributed by atoms with E-state index in [1.165, 1.54) is 19.3 Å². The van der Waals surface area contributed by atoms with Gasteiger partial charge in [0.1, 0.15) is 5.82 Å². The molecule has 21 heavy (non-hydrogen) atoms. The maximum Gasteiger partial charge on any atom is 0.471 e. The molecule has 9 heteroatoms. The monoisotopic (exact) mass is 308 g/mol. The molecule has 0 aliphatic carbocycles. The van der Waals surface area contributed by atoms with Gasteiger partial charge in [0, 0.05) is 7.05 Å². The second-order valence-corrected chi connectivity index (χ2v) is 4.11. The van der Waals surface area contributed by atoms with E-state index in [4.69, 9.17) is 0 Å². The van der Waals surface area contributed by atoms with Crippen LogP contribution in [0.3, 0.4) is 0 Å². The molecule has 1 aromatic rings. The van der Waals surface area contributed by atoms with Crippen LogP contribution in [0.5, 0.6) is 0 Å². The highest BCUT2D eigenvalue weighted by Crippen LogP contribution is 2.26. The van der Waals surface area contributed by atoms with Crippen molar-refractivity contribution in [1.82, 2.24) is 5.06 Å². The van der Waals surface area contributed by atoms with E-state index in [0.29, 0.717) is 10.6 Å². The van der Waals surface area contributed by atoms with Crippen molar-refractivity contribution in [3.8, 4) is 0 Å². The minimum absolute atomic E-state index is 0.297. The number of aryl methyl sites for hydroxylation is 1. The minimum atomic E-state index is -5.20. The minimum Gasteiger partial charge on any atom is -0.315 e. The van der Waals surface area contributed by atoms with Gasteiger partial charge in [-0.1, -0.05) is 0 Å².